The molecule has 1 amide bonds. The predicted octanol–water partition coefficient (Wildman–Crippen LogP) is 0.222. The van der Waals surface area contributed by atoms with Crippen molar-refractivity contribution in [2.75, 3.05) is 12.8 Å². The molecule has 1 heterocycles. The third-order valence-corrected chi connectivity index (χ3v) is 1.91. The van der Waals surface area contributed by atoms with Gasteiger partial charge in [0.05, 0.1) is 12.3 Å². The number of carboxylic acid groups (broad SMARTS) is 1. The third-order valence-electron chi connectivity index (χ3n) is 1.31. The fourth-order valence-corrected chi connectivity index (χ4v) is 1.01. The van der Waals surface area contributed by atoms with Crippen molar-refractivity contribution < 1.29 is 9.90 Å². The minimum atomic E-state index is -1.05. The van der Waals surface area contributed by atoms with E-state index in [9.17, 15) is 4.79 Å². The monoisotopic (exact) mass is 202 g/mol. The highest BCUT2D eigenvalue weighted by Gasteiger charge is 2.04. The second kappa shape index (κ2) is 4.61. The topological polar surface area (TPSA) is 77.0 Å². The molecular formula is C6H10N4O2S. The first-order valence-electron chi connectivity index (χ1n) is 3.53. The van der Waals surface area contributed by atoms with Crippen LogP contribution in [-0.2, 0) is 0 Å². The molecular weight excluding hydrogens is 192 g/mol. The van der Waals surface area contributed by atoms with E-state index in [0.717, 1.165) is 0 Å². The van der Waals surface area contributed by atoms with Crippen molar-refractivity contribution in [3.05, 3.63) is 12.3 Å². The Hall–Kier alpha value is -1.37. The molecule has 0 spiro atoms. The molecule has 0 fully saturated rings. The first-order valence-corrected chi connectivity index (χ1v) is 4.71. The van der Waals surface area contributed by atoms with Crippen LogP contribution < -0.4 is 10.9 Å². The fraction of sp³-hybridized carbons (Fsp3) is 0.333. The zero-order chi connectivity index (χ0) is 9.68. The number of nitrogens with zero attached hydrogens (tertiary/aromatic N) is 2. The summed E-state index contributed by atoms with van der Waals surface area (Å²) in [6.07, 6.45) is 4.36. The molecule has 0 aliphatic carbocycles. The molecule has 0 saturated heterocycles. The van der Waals surface area contributed by atoms with Gasteiger partial charge in [0, 0.05) is 12.5 Å². The number of hydrazine groups is 1. The quantitative estimate of drug-likeness (QED) is 0.571. The Bertz CT molecular complexity index is 253. The second-order valence-electron chi connectivity index (χ2n) is 2.19. The summed E-state index contributed by atoms with van der Waals surface area (Å²) in [7, 11) is 0. The molecule has 0 aromatic carbocycles. The van der Waals surface area contributed by atoms with E-state index in [0.29, 0.717) is 5.71 Å². The summed E-state index contributed by atoms with van der Waals surface area (Å²) in [4.78, 5) is 10.1. The van der Waals surface area contributed by atoms with Gasteiger partial charge in [-0.3, -0.25) is 0 Å². The van der Waals surface area contributed by atoms with Gasteiger partial charge in [0.1, 0.15) is 0 Å². The molecule has 0 bridgehead atoms. The lowest BCUT2D eigenvalue weighted by Gasteiger charge is -2.19. The van der Waals surface area contributed by atoms with E-state index >= 15 is 0 Å². The third kappa shape index (κ3) is 3.24. The Kier molecular flexibility index (Phi) is 3.44. The molecule has 1 aliphatic rings. The van der Waals surface area contributed by atoms with Crippen LogP contribution in [0.4, 0.5) is 4.79 Å². The van der Waals surface area contributed by atoms with Crippen molar-refractivity contribution in [3.8, 4) is 0 Å². The molecule has 1 aliphatic heterocycles. The van der Waals surface area contributed by atoms with Crippen LogP contribution in [0.15, 0.2) is 17.4 Å². The van der Waals surface area contributed by atoms with E-state index in [1.165, 1.54) is 11.9 Å². The average molecular weight is 202 g/mol. The lowest BCUT2D eigenvalue weighted by atomic mass is 10.3. The van der Waals surface area contributed by atoms with Crippen molar-refractivity contribution in [1.29, 1.82) is 0 Å². The van der Waals surface area contributed by atoms with Crippen LogP contribution in [-0.4, -0.2) is 34.1 Å². The molecule has 13 heavy (non-hydrogen) atoms. The van der Waals surface area contributed by atoms with Crippen molar-refractivity contribution in [1.82, 2.24) is 15.3 Å². The van der Waals surface area contributed by atoms with Gasteiger partial charge in [-0.15, -0.1) is 0 Å². The summed E-state index contributed by atoms with van der Waals surface area (Å²) in [6.45, 7) is 0.209. The summed E-state index contributed by atoms with van der Waals surface area (Å²) < 4.78 is 1.70. The molecule has 0 radical (unpaired) electrons. The van der Waals surface area contributed by atoms with Gasteiger partial charge in [-0.2, -0.15) is 5.10 Å². The number of nitrogens with one attached hydrogen (secondary N) is 2. The standard InChI is InChI=1S/C6H10N4O2S/c1-13-10-3-2-5(8-9-10)4-7-6(11)12/h2-3,7,9H,4H2,1H3,(H,11,12). The van der Waals surface area contributed by atoms with Gasteiger partial charge in [0.15, 0.2) is 0 Å². The zero-order valence-corrected chi connectivity index (χ0v) is 7.84. The SMILES string of the molecule is CSN1C=CC(CNC(=O)O)=NN1. The Labute approximate surface area is 79.8 Å². The van der Waals surface area contributed by atoms with Gasteiger partial charge in [-0.25, -0.2) is 14.7 Å². The number of hydrogen-bond acceptors (Lipinski definition) is 5. The number of rotatable bonds is 3. The van der Waals surface area contributed by atoms with Crippen LogP contribution in [0.1, 0.15) is 0 Å². The molecule has 0 aromatic rings. The largest absolute Gasteiger partial charge is 0.465 e. The molecule has 72 valence electrons. The van der Waals surface area contributed by atoms with Gasteiger partial charge in [0.2, 0.25) is 0 Å². The van der Waals surface area contributed by atoms with E-state index in [2.05, 4.69) is 16.0 Å². The van der Waals surface area contributed by atoms with E-state index in [1.54, 1.807) is 16.7 Å². The molecule has 1 rings (SSSR count). The summed E-state index contributed by atoms with van der Waals surface area (Å²) in [5.41, 5.74) is 3.35. The summed E-state index contributed by atoms with van der Waals surface area (Å²) in [5.74, 6) is 0. The molecule has 0 aromatic heterocycles. The first kappa shape index (κ1) is 9.72. The minimum Gasteiger partial charge on any atom is -0.465 e. The Balaban J connectivity index is 2.34. The van der Waals surface area contributed by atoms with Crippen molar-refractivity contribution in [3.63, 3.8) is 0 Å². The highest BCUT2D eigenvalue weighted by atomic mass is 32.2. The predicted molar refractivity (Wildman–Crippen MR) is 51.1 cm³/mol. The van der Waals surface area contributed by atoms with E-state index < -0.39 is 6.09 Å². The minimum absolute atomic E-state index is 0.209. The van der Waals surface area contributed by atoms with Gasteiger partial charge >= 0.3 is 6.09 Å². The number of hydrazone groups is 1. The van der Waals surface area contributed by atoms with Crippen molar-refractivity contribution in [2.45, 2.75) is 0 Å². The number of carbonyl (C=O) groups is 1. The molecule has 0 unspecified atom stereocenters. The van der Waals surface area contributed by atoms with Crippen LogP contribution in [0.5, 0.6) is 0 Å². The smallest absolute Gasteiger partial charge is 0.404 e. The Morgan fingerprint density at radius 3 is 3.15 bits per heavy atom. The maximum absolute atomic E-state index is 10.1. The van der Waals surface area contributed by atoms with Crippen molar-refractivity contribution in [2.24, 2.45) is 5.10 Å². The molecule has 3 N–H and O–H groups in total. The maximum atomic E-state index is 10.1. The lowest BCUT2D eigenvalue weighted by Crippen LogP contribution is -2.33. The van der Waals surface area contributed by atoms with Gasteiger partial charge < -0.3 is 10.4 Å². The maximum Gasteiger partial charge on any atom is 0.404 e. The molecule has 0 atom stereocenters. The van der Waals surface area contributed by atoms with E-state index in [-0.39, 0.29) is 6.54 Å². The number of hydrogen-bond donors (Lipinski definition) is 3. The summed E-state index contributed by atoms with van der Waals surface area (Å²) >= 11 is 1.46. The molecule has 0 saturated carbocycles. The van der Waals surface area contributed by atoms with E-state index in [4.69, 9.17) is 5.11 Å². The van der Waals surface area contributed by atoms with E-state index in [1.807, 2.05) is 6.26 Å². The normalized spacial score (nSPS) is 14.8. The second-order valence-corrected chi connectivity index (χ2v) is 2.94. The van der Waals surface area contributed by atoms with Crippen LogP contribution in [0.3, 0.4) is 0 Å². The highest BCUT2D eigenvalue weighted by Crippen LogP contribution is 2.04. The first-order chi connectivity index (χ1) is 6.22. The van der Waals surface area contributed by atoms with Crippen LogP contribution in [0.2, 0.25) is 0 Å². The van der Waals surface area contributed by atoms with Gasteiger partial charge in [-0.05, 0) is 18.0 Å². The lowest BCUT2D eigenvalue weighted by molar-refractivity contribution is 0.196. The summed E-state index contributed by atoms with van der Waals surface area (Å²) in [6, 6.07) is 0. The molecule has 7 heteroatoms. The van der Waals surface area contributed by atoms with Crippen LogP contribution in [0, 0.1) is 0 Å². The van der Waals surface area contributed by atoms with Crippen LogP contribution in [0.25, 0.3) is 0 Å². The van der Waals surface area contributed by atoms with Gasteiger partial charge in [-0.1, -0.05) is 0 Å². The fourth-order valence-electron chi connectivity index (χ4n) is 0.704. The van der Waals surface area contributed by atoms with Gasteiger partial charge in [0.25, 0.3) is 0 Å². The highest BCUT2D eigenvalue weighted by molar-refractivity contribution is 7.96. The molecule has 6 nitrogen and oxygen atoms in total. The Morgan fingerprint density at radius 2 is 2.69 bits per heavy atom. The average Bonchev–Trinajstić information content (AvgIpc) is 2.15. The summed E-state index contributed by atoms with van der Waals surface area (Å²) in [5, 5.41) is 14.4. The van der Waals surface area contributed by atoms with Crippen LogP contribution >= 0.6 is 11.9 Å². The van der Waals surface area contributed by atoms with Crippen molar-refractivity contribution >= 4 is 23.8 Å². The Morgan fingerprint density at radius 1 is 1.92 bits per heavy atom. The number of amides is 1. The zero-order valence-electron chi connectivity index (χ0n) is 7.02.